The molecule has 0 saturated carbocycles. The van der Waals surface area contributed by atoms with Crippen LogP contribution in [0.4, 0.5) is 4.39 Å². The predicted octanol–water partition coefficient (Wildman–Crippen LogP) is 2.62. The molecular weight excluding hydrogens is 167 g/mol. The van der Waals surface area contributed by atoms with E-state index in [4.69, 9.17) is 5.11 Å². The van der Waals surface area contributed by atoms with Gasteiger partial charge in [0.2, 0.25) is 0 Å². The van der Waals surface area contributed by atoms with E-state index in [0.29, 0.717) is 5.56 Å². The van der Waals surface area contributed by atoms with Gasteiger partial charge in [-0.2, -0.15) is 0 Å². The number of aliphatic hydroxyl groups excluding tert-OH is 1. The maximum absolute atomic E-state index is 13.2. The zero-order chi connectivity index (χ0) is 10.1. The smallest absolute Gasteiger partial charge is 0.129 e. The first-order chi connectivity index (χ1) is 5.95. The Morgan fingerprint density at radius 2 is 1.92 bits per heavy atom. The van der Waals surface area contributed by atoms with Crippen LogP contribution in [0, 0.1) is 5.82 Å². The Morgan fingerprint density at radius 3 is 2.31 bits per heavy atom. The van der Waals surface area contributed by atoms with Crippen LogP contribution >= 0.6 is 0 Å². The van der Waals surface area contributed by atoms with Gasteiger partial charge in [-0.05, 0) is 17.0 Å². The van der Waals surface area contributed by atoms with Crippen LogP contribution in [0.1, 0.15) is 31.9 Å². The molecule has 1 aromatic rings. The molecule has 0 radical (unpaired) electrons. The lowest BCUT2D eigenvalue weighted by Crippen LogP contribution is -2.11. The molecule has 0 atom stereocenters. The van der Waals surface area contributed by atoms with E-state index >= 15 is 0 Å². The summed E-state index contributed by atoms with van der Waals surface area (Å²) >= 11 is 0. The second-order valence-electron chi connectivity index (χ2n) is 4.21. The molecule has 1 rings (SSSR count). The first-order valence-electron chi connectivity index (χ1n) is 4.35. The Hall–Kier alpha value is -0.890. The van der Waals surface area contributed by atoms with Crippen LogP contribution in [0.25, 0.3) is 0 Å². The van der Waals surface area contributed by atoms with E-state index in [0.717, 1.165) is 5.56 Å². The Kier molecular flexibility index (Phi) is 2.71. The zero-order valence-electron chi connectivity index (χ0n) is 8.26. The second kappa shape index (κ2) is 3.46. The second-order valence-corrected chi connectivity index (χ2v) is 4.21. The van der Waals surface area contributed by atoms with Crippen LogP contribution in [-0.4, -0.2) is 5.11 Å². The summed E-state index contributed by atoms with van der Waals surface area (Å²) in [6.45, 7) is 5.84. The van der Waals surface area contributed by atoms with Crippen molar-refractivity contribution in [1.29, 1.82) is 0 Å². The maximum atomic E-state index is 13.2. The summed E-state index contributed by atoms with van der Waals surface area (Å²) in [5.74, 6) is -0.324. The molecule has 0 unspecified atom stereocenters. The monoisotopic (exact) mass is 182 g/mol. The minimum absolute atomic E-state index is 0.0468. The van der Waals surface area contributed by atoms with Gasteiger partial charge in [0.15, 0.2) is 0 Å². The fraction of sp³-hybridized carbons (Fsp3) is 0.455. The van der Waals surface area contributed by atoms with Crippen molar-refractivity contribution in [1.82, 2.24) is 0 Å². The summed E-state index contributed by atoms with van der Waals surface area (Å²) in [5, 5.41) is 8.77. The van der Waals surface area contributed by atoms with Gasteiger partial charge in [-0.15, -0.1) is 0 Å². The molecule has 0 aliphatic carbocycles. The third-order valence-electron chi connectivity index (χ3n) is 2.09. The average Bonchev–Trinajstić information content (AvgIpc) is 2.02. The number of halogens is 1. The van der Waals surface area contributed by atoms with Crippen LogP contribution in [-0.2, 0) is 12.0 Å². The third-order valence-corrected chi connectivity index (χ3v) is 2.09. The van der Waals surface area contributed by atoms with E-state index < -0.39 is 0 Å². The molecule has 0 fully saturated rings. The molecule has 1 nitrogen and oxygen atoms in total. The SMILES string of the molecule is CC(C)(C)c1ccc(CO)c(F)c1. The van der Waals surface area contributed by atoms with Crippen LogP contribution in [0.15, 0.2) is 18.2 Å². The van der Waals surface area contributed by atoms with Gasteiger partial charge in [0, 0.05) is 5.56 Å². The highest BCUT2D eigenvalue weighted by atomic mass is 19.1. The van der Waals surface area contributed by atoms with Gasteiger partial charge in [-0.1, -0.05) is 32.9 Å². The molecule has 1 N–H and O–H groups in total. The van der Waals surface area contributed by atoms with Crippen LogP contribution < -0.4 is 0 Å². The first kappa shape index (κ1) is 10.2. The molecule has 0 saturated heterocycles. The lowest BCUT2D eigenvalue weighted by Gasteiger charge is -2.19. The van der Waals surface area contributed by atoms with Gasteiger partial charge in [0.05, 0.1) is 6.61 Å². The van der Waals surface area contributed by atoms with Crippen molar-refractivity contribution in [3.63, 3.8) is 0 Å². The van der Waals surface area contributed by atoms with E-state index in [1.165, 1.54) is 6.07 Å². The molecule has 0 aliphatic rings. The molecule has 0 heterocycles. The zero-order valence-corrected chi connectivity index (χ0v) is 8.26. The molecule has 0 spiro atoms. The van der Waals surface area contributed by atoms with Crippen molar-refractivity contribution in [2.24, 2.45) is 0 Å². The standard InChI is InChI=1S/C11H15FO/c1-11(2,3)9-5-4-8(7-13)10(12)6-9/h4-6,13H,7H2,1-3H3. The molecule has 0 amide bonds. The van der Waals surface area contributed by atoms with Crippen LogP contribution in [0.5, 0.6) is 0 Å². The quantitative estimate of drug-likeness (QED) is 0.707. The van der Waals surface area contributed by atoms with E-state index in [9.17, 15) is 4.39 Å². The molecule has 0 bridgehead atoms. The summed E-state index contributed by atoms with van der Waals surface area (Å²) in [5.41, 5.74) is 1.25. The number of rotatable bonds is 1. The molecule has 13 heavy (non-hydrogen) atoms. The van der Waals surface area contributed by atoms with E-state index in [2.05, 4.69) is 0 Å². The molecular formula is C11H15FO. The van der Waals surface area contributed by atoms with Crippen molar-refractivity contribution in [3.8, 4) is 0 Å². The maximum Gasteiger partial charge on any atom is 0.129 e. The Balaban J connectivity index is 3.10. The summed E-state index contributed by atoms with van der Waals surface area (Å²) in [7, 11) is 0. The average molecular weight is 182 g/mol. The minimum Gasteiger partial charge on any atom is -0.392 e. The molecule has 0 aromatic heterocycles. The number of aliphatic hydroxyl groups is 1. The summed E-state index contributed by atoms with van der Waals surface area (Å²) in [4.78, 5) is 0. The fourth-order valence-corrected chi connectivity index (χ4v) is 1.14. The topological polar surface area (TPSA) is 20.2 Å². The Bertz CT molecular complexity index is 299. The van der Waals surface area contributed by atoms with Crippen LogP contribution in [0.3, 0.4) is 0 Å². The highest BCUT2D eigenvalue weighted by Gasteiger charge is 2.15. The summed E-state index contributed by atoms with van der Waals surface area (Å²) < 4.78 is 13.2. The minimum atomic E-state index is -0.324. The van der Waals surface area contributed by atoms with Crippen LogP contribution in [0.2, 0.25) is 0 Å². The lowest BCUT2D eigenvalue weighted by atomic mass is 9.86. The number of benzene rings is 1. The van der Waals surface area contributed by atoms with Crippen molar-refractivity contribution in [2.45, 2.75) is 32.8 Å². The van der Waals surface area contributed by atoms with Gasteiger partial charge in [-0.25, -0.2) is 4.39 Å². The highest BCUT2D eigenvalue weighted by Crippen LogP contribution is 2.23. The summed E-state index contributed by atoms with van der Waals surface area (Å²) in [6, 6.07) is 4.98. The molecule has 0 aliphatic heterocycles. The van der Waals surface area contributed by atoms with Gasteiger partial charge in [0.1, 0.15) is 5.82 Å². The number of hydrogen-bond acceptors (Lipinski definition) is 1. The third kappa shape index (κ3) is 2.28. The van der Waals surface area contributed by atoms with E-state index in [1.54, 1.807) is 6.07 Å². The van der Waals surface area contributed by atoms with Crippen molar-refractivity contribution < 1.29 is 9.50 Å². The highest BCUT2D eigenvalue weighted by molar-refractivity contribution is 5.28. The molecule has 1 aromatic carbocycles. The fourth-order valence-electron chi connectivity index (χ4n) is 1.14. The van der Waals surface area contributed by atoms with E-state index in [-0.39, 0.29) is 17.8 Å². The van der Waals surface area contributed by atoms with Gasteiger partial charge in [-0.3, -0.25) is 0 Å². The van der Waals surface area contributed by atoms with E-state index in [1.807, 2.05) is 26.8 Å². The first-order valence-corrected chi connectivity index (χ1v) is 4.35. The Morgan fingerprint density at radius 1 is 1.31 bits per heavy atom. The van der Waals surface area contributed by atoms with Gasteiger partial charge >= 0.3 is 0 Å². The lowest BCUT2D eigenvalue weighted by molar-refractivity contribution is 0.275. The Labute approximate surface area is 78.2 Å². The van der Waals surface area contributed by atoms with Crippen molar-refractivity contribution >= 4 is 0 Å². The molecule has 2 heteroatoms. The van der Waals surface area contributed by atoms with Gasteiger partial charge in [0.25, 0.3) is 0 Å². The predicted molar refractivity (Wildman–Crippen MR) is 51.0 cm³/mol. The van der Waals surface area contributed by atoms with Gasteiger partial charge < -0.3 is 5.11 Å². The number of hydrogen-bond donors (Lipinski definition) is 1. The van der Waals surface area contributed by atoms with Crippen molar-refractivity contribution in [3.05, 3.63) is 35.1 Å². The summed E-state index contributed by atoms with van der Waals surface area (Å²) in [6.07, 6.45) is 0. The molecule has 72 valence electrons. The largest absolute Gasteiger partial charge is 0.392 e. The van der Waals surface area contributed by atoms with Crippen molar-refractivity contribution in [2.75, 3.05) is 0 Å². The normalized spacial score (nSPS) is 11.8.